The van der Waals surface area contributed by atoms with Gasteiger partial charge in [0.05, 0.1) is 6.04 Å². The van der Waals surface area contributed by atoms with Crippen LogP contribution in [0.3, 0.4) is 0 Å². The second kappa shape index (κ2) is 8.97. The number of aliphatic hydroxyl groups is 1. The highest BCUT2D eigenvalue weighted by Gasteiger charge is 2.38. The maximum Gasteiger partial charge on any atom is 0.224 e. The number of carbonyl (C=O) groups excluding carboxylic acids is 1. The number of likely N-dealkylation sites (tertiary alicyclic amines) is 1. The van der Waals surface area contributed by atoms with Gasteiger partial charge in [0.25, 0.3) is 0 Å². The van der Waals surface area contributed by atoms with E-state index in [4.69, 9.17) is 5.11 Å². The molecule has 1 amide bonds. The van der Waals surface area contributed by atoms with Crippen molar-refractivity contribution in [2.45, 2.75) is 25.3 Å². The zero-order chi connectivity index (χ0) is 17.5. The number of allylic oxidation sites excluding steroid dienone is 3. The summed E-state index contributed by atoms with van der Waals surface area (Å²) in [4.78, 5) is 15.0. The standard InChI is InChI=1S/C21H28N2O2/c24-16-6-13-22-14-11-20(25)23-15-12-17-7-4-5-10-19(17)21(23)18-8-2-1-3-9-18/h1-5,7-10,17,19,21-22,24H,6,11-16H2/t17?,19-,21?/m1/s1. The Morgan fingerprint density at radius 3 is 2.76 bits per heavy atom. The van der Waals surface area contributed by atoms with E-state index in [0.717, 1.165) is 25.9 Å². The van der Waals surface area contributed by atoms with E-state index in [2.05, 4.69) is 58.8 Å². The summed E-state index contributed by atoms with van der Waals surface area (Å²) in [5.41, 5.74) is 1.22. The normalized spacial score (nSPS) is 25.0. The molecule has 2 aliphatic rings. The molecule has 134 valence electrons. The average Bonchev–Trinajstić information content (AvgIpc) is 2.67. The Balaban J connectivity index is 1.71. The van der Waals surface area contributed by atoms with Crippen LogP contribution >= 0.6 is 0 Å². The second-order valence-corrected chi connectivity index (χ2v) is 6.82. The fourth-order valence-electron chi connectivity index (χ4n) is 3.93. The molecule has 1 fully saturated rings. The quantitative estimate of drug-likeness (QED) is 0.751. The number of aliphatic hydroxyl groups excluding tert-OH is 1. The van der Waals surface area contributed by atoms with Crippen LogP contribution in [-0.4, -0.2) is 42.2 Å². The number of fused-ring (bicyclic) bond motifs is 1. The summed E-state index contributed by atoms with van der Waals surface area (Å²) in [6, 6.07) is 10.5. The number of benzene rings is 1. The van der Waals surface area contributed by atoms with E-state index in [-0.39, 0.29) is 18.6 Å². The summed E-state index contributed by atoms with van der Waals surface area (Å²) in [6.07, 6.45) is 11.1. The molecular formula is C21H28N2O2. The molecule has 0 spiro atoms. The summed E-state index contributed by atoms with van der Waals surface area (Å²) in [5, 5.41) is 12.1. The highest BCUT2D eigenvalue weighted by atomic mass is 16.3. The Morgan fingerprint density at radius 1 is 1.16 bits per heavy atom. The monoisotopic (exact) mass is 340 g/mol. The highest BCUT2D eigenvalue weighted by molar-refractivity contribution is 5.77. The van der Waals surface area contributed by atoms with Crippen molar-refractivity contribution in [3.05, 3.63) is 60.2 Å². The summed E-state index contributed by atoms with van der Waals surface area (Å²) >= 11 is 0. The zero-order valence-corrected chi connectivity index (χ0v) is 14.7. The van der Waals surface area contributed by atoms with E-state index in [1.165, 1.54) is 5.56 Å². The van der Waals surface area contributed by atoms with Gasteiger partial charge in [-0.15, -0.1) is 0 Å². The first-order valence-electron chi connectivity index (χ1n) is 9.32. The van der Waals surface area contributed by atoms with Crippen LogP contribution in [0.25, 0.3) is 0 Å². The topological polar surface area (TPSA) is 52.6 Å². The number of hydrogen-bond donors (Lipinski definition) is 2. The molecule has 3 rings (SSSR count). The molecular weight excluding hydrogens is 312 g/mol. The van der Waals surface area contributed by atoms with Gasteiger partial charge in [-0.25, -0.2) is 0 Å². The minimum absolute atomic E-state index is 0.117. The van der Waals surface area contributed by atoms with Crippen molar-refractivity contribution in [2.24, 2.45) is 11.8 Å². The molecule has 1 aromatic carbocycles. The van der Waals surface area contributed by atoms with Crippen LogP contribution in [0.15, 0.2) is 54.6 Å². The maximum atomic E-state index is 12.9. The fraction of sp³-hybridized carbons (Fsp3) is 0.476. The fourth-order valence-corrected chi connectivity index (χ4v) is 3.93. The Hall–Kier alpha value is -1.91. The van der Waals surface area contributed by atoms with Crippen LogP contribution in [0.4, 0.5) is 0 Å². The van der Waals surface area contributed by atoms with Gasteiger partial charge in [-0.1, -0.05) is 54.6 Å². The summed E-state index contributed by atoms with van der Waals surface area (Å²) in [7, 11) is 0. The third-order valence-electron chi connectivity index (χ3n) is 5.19. The first-order chi connectivity index (χ1) is 12.3. The lowest BCUT2D eigenvalue weighted by Gasteiger charge is -2.45. The summed E-state index contributed by atoms with van der Waals surface area (Å²) in [5.74, 6) is 1.08. The number of piperidine rings is 1. The molecule has 1 aliphatic heterocycles. The van der Waals surface area contributed by atoms with Gasteiger partial charge >= 0.3 is 0 Å². The van der Waals surface area contributed by atoms with Gasteiger partial charge in [0, 0.05) is 32.0 Å². The van der Waals surface area contributed by atoms with E-state index in [0.29, 0.717) is 24.8 Å². The van der Waals surface area contributed by atoms with Crippen molar-refractivity contribution in [2.75, 3.05) is 26.2 Å². The molecule has 2 N–H and O–H groups in total. The predicted molar refractivity (Wildman–Crippen MR) is 100.0 cm³/mol. The minimum Gasteiger partial charge on any atom is -0.396 e. The van der Waals surface area contributed by atoms with Crippen LogP contribution in [0, 0.1) is 11.8 Å². The largest absolute Gasteiger partial charge is 0.396 e. The molecule has 1 aliphatic carbocycles. The van der Waals surface area contributed by atoms with Crippen LogP contribution < -0.4 is 5.32 Å². The van der Waals surface area contributed by atoms with Gasteiger partial charge in [-0.2, -0.15) is 0 Å². The average molecular weight is 340 g/mol. The van der Waals surface area contributed by atoms with Crippen molar-refractivity contribution in [1.82, 2.24) is 10.2 Å². The number of rotatable bonds is 7. The lowest BCUT2D eigenvalue weighted by atomic mass is 9.74. The van der Waals surface area contributed by atoms with Crippen molar-refractivity contribution in [3.8, 4) is 0 Å². The Morgan fingerprint density at radius 2 is 1.96 bits per heavy atom. The minimum atomic E-state index is 0.117. The second-order valence-electron chi connectivity index (χ2n) is 6.82. The first-order valence-corrected chi connectivity index (χ1v) is 9.32. The van der Waals surface area contributed by atoms with Crippen LogP contribution in [0.2, 0.25) is 0 Å². The van der Waals surface area contributed by atoms with Crippen LogP contribution in [0.1, 0.15) is 30.9 Å². The molecule has 4 nitrogen and oxygen atoms in total. The van der Waals surface area contributed by atoms with E-state index >= 15 is 0 Å². The van der Waals surface area contributed by atoms with Gasteiger partial charge in [-0.05, 0) is 30.9 Å². The van der Waals surface area contributed by atoms with E-state index in [9.17, 15) is 4.79 Å². The number of nitrogens with one attached hydrogen (secondary N) is 1. The number of nitrogens with zero attached hydrogens (tertiary/aromatic N) is 1. The van der Waals surface area contributed by atoms with Gasteiger partial charge in [0.1, 0.15) is 0 Å². The van der Waals surface area contributed by atoms with Gasteiger partial charge < -0.3 is 15.3 Å². The molecule has 0 bridgehead atoms. The molecule has 1 aromatic rings. The SMILES string of the molecule is O=C(CCNCCCO)N1CCC2C=CC=C[C@H]2C1c1ccccc1. The van der Waals surface area contributed by atoms with Crippen LogP contribution in [-0.2, 0) is 4.79 Å². The molecule has 1 heterocycles. The number of carbonyl (C=O) groups is 1. The van der Waals surface area contributed by atoms with E-state index < -0.39 is 0 Å². The molecule has 0 aromatic heterocycles. The maximum absolute atomic E-state index is 12.9. The molecule has 2 unspecified atom stereocenters. The third kappa shape index (κ3) is 4.39. The Bertz CT molecular complexity index is 612. The molecule has 0 saturated carbocycles. The first kappa shape index (κ1) is 17.9. The van der Waals surface area contributed by atoms with Crippen molar-refractivity contribution in [3.63, 3.8) is 0 Å². The lowest BCUT2D eigenvalue weighted by Crippen LogP contribution is -2.46. The highest BCUT2D eigenvalue weighted by Crippen LogP contribution is 2.42. The lowest BCUT2D eigenvalue weighted by molar-refractivity contribution is -0.136. The molecule has 0 radical (unpaired) electrons. The van der Waals surface area contributed by atoms with Crippen molar-refractivity contribution >= 4 is 5.91 Å². The predicted octanol–water partition coefficient (Wildman–Crippen LogP) is 2.68. The van der Waals surface area contributed by atoms with Gasteiger partial charge in [0.2, 0.25) is 5.91 Å². The smallest absolute Gasteiger partial charge is 0.224 e. The molecule has 4 heteroatoms. The van der Waals surface area contributed by atoms with Crippen LogP contribution in [0.5, 0.6) is 0 Å². The Labute approximate surface area is 150 Å². The third-order valence-corrected chi connectivity index (χ3v) is 5.19. The molecule has 3 atom stereocenters. The van der Waals surface area contributed by atoms with Gasteiger partial charge in [-0.3, -0.25) is 4.79 Å². The van der Waals surface area contributed by atoms with E-state index in [1.54, 1.807) is 0 Å². The van der Waals surface area contributed by atoms with Gasteiger partial charge in [0.15, 0.2) is 0 Å². The number of amides is 1. The van der Waals surface area contributed by atoms with Crippen molar-refractivity contribution < 1.29 is 9.90 Å². The number of hydrogen-bond acceptors (Lipinski definition) is 3. The zero-order valence-electron chi connectivity index (χ0n) is 14.7. The molecule has 25 heavy (non-hydrogen) atoms. The Kier molecular flexibility index (Phi) is 6.42. The molecule has 1 saturated heterocycles. The summed E-state index contributed by atoms with van der Waals surface area (Å²) in [6.45, 7) is 2.42. The van der Waals surface area contributed by atoms with E-state index in [1.807, 2.05) is 6.07 Å². The van der Waals surface area contributed by atoms with Crippen molar-refractivity contribution in [1.29, 1.82) is 0 Å². The summed E-state index contributed by atoms with van der Waals surface area (Å²) < 4.78 is 0.